The van der Waals surface area contributed by atoms with Crippen LogP contribution in [0.4, 0.5) is 0 Å². The summed E-state index contributed by atoms with van der Waals surface area (Å²) in [5, 5.41) is 0. The second-order valence-electron chi connectivity index (χ2n) is 8.65. The molecule has 0 aromatic heterocycles. The van der Waals surface area contributed by atoms with Gasteiger partial charge >= 0.3 is 0 Å². The van der Waals surface area contributed by atoms with Gasteiger partial charge < -0.3 is 4.74 Å². The Labute approximate surface area is 161 Å². The molecule has 26 heavy (non-hydrogen) atoms. The van der Waals surface area contributed by atoms with Gasteiger partial charge in [-0.15, -0.1) is 0 Å². The molecule has 1 nitrogen and oxygen atoms in total. The molecule has 0 atom stereocenters. The minimum absolute atomic E-state index is 0.767. The van der Waals surface area contributed by atoms with Crippen molar-refractivity contribution in [3.05, 3.63) is 42.2 Å². The van der Waals surface area contributed by atoms with Crippen LogP contribution in [0.25, 0.3) is 0 Å². The van der Waals surface area contributed by atoms with Gasteiger partial charge in [0, 0.05) is 0 Å². The molecule has 0 aliphatic heterocycles. The van der Waals surface area contributed by atoms with E-state index < -0.39 is 0 Å². The third-order valence-electron chi connectivity index (χ3n) is 6.91. The van der Waals surface area contributed by atoms with Crippen molar-refractivity contribution in [2.45, 2.75) is 90.4 Å². The van der Waals surface area contributed by atoms with Crippen molar-refractivity contribution in [1.29, 1.82) is 0 Å². The van der Waals surface area contributed by atoms with Gasteiger partial charge in [0.15, 0.2) is 0 Å². The number of allylic oxidation sites excluding steroid dienone is 1. The second kappa shape index (κ2) is 10.2. The molecule has 0 radical (unpaired) electrons. The minimum atomic E-state index is 0.767. The van der Waals surface area contributed by atoms with E-state index in [9.17, 15) is 0 Å². The fraction of sp³-hybridized carbons (Fsp3) is 0.680. The first-order valence-electron chi connectivity index (χ1n) is 11.2. The van der Waals surface area contributed by atoms with Gasteiger partial charge in [0.05, 0.1) is 6.26 Å². The molecule has 0 amide bonds. The number of hydrogen-bond acceptors (Lipinski definition) is 1. The molecular formula is C25H38O. The number of hydrogen-bond donors (Lipinski definition) is 0. The lowest BCUT2D eigenvalue weighted by Crippen LogP contribution is -2.25. The first kappa shape index (κ1) is 19.5. The summed E-state index contributed by atoms with van der Waals surface area (Å²) in [7, 11) is 0. The molecule has 3 rings (SSSR count). The molecule has 0 unspecified atom stereocenters. The summed E-state index contributed by atoms with van der Waals surface area (Å²) >= 11 is 0. The average Bonchev–Trinajstić information content (AvgIpc) is 2.70. The van der Waals surface area contributed by atoms with E-state index in [0.29, 0.717) is 0 Å². The summed E-state index contributed by atoms with van der Waals surface area (Å²) in [6.45, 7) is 4.46. The van der Waals surface area contributed by atoms with Crippen LogP contribution >= 0.6 is 0 Å². The van der Waals surface area contributed by atoms with Crippen LogP contribution in [-0.2, 0) is 0 Å². The SMILES string of the molecule is CC/C=C/Oc1ccc(C2CCC([C@H]3CC[C@H](CCC)CC3)CC2)cc1. The first-order valence-corrected chi connectivity index (χ1v) is 11.2. The first-order chi connectivity index (χ1) is 12.8. The van der Waals surface area contributed by atoms with E-state index in [1.807, 2.05) is 6.08 Å². The number of ether oxygens (including phenoxy) is 1. The zero-order chi connectivity index (χ0) is 18.2. The van der Waals surface area contributed by atoms with E-state index in [1.54, 1.807) is 6.26 Å². The summed E-state index contributed by atoms with van der Waals surface area (Å²) in [5.41, 5.74) is 1.52. The fourth-order valence-corrected chi connectivity index (χ4v) is 5.32. The van der Waals surface area contributed by atoms with E-state index in [4.69, 9.17) is 4.74 Å². The molecule has 144 valence electrons. The number of benzene rings is 1. The van der Waals surface area contributed by atoms with Gasteiger partial charge in [-0.1, -0.05) is 51.7 Å². The molecule has 2 aliphatic carbocycles. The maximum Gasteiger partial charge on any atom is 0.126 e. The van der Waals surface area contributed by atoms with Crippen molar-refractivity contribution in [2.24, 2.45) is 17.8 Å². The van der Waals surface area contributed by atoms with Crippen molar-refractivity contribution in [1.82, 2.24) is 0 Å². The van der Waals surface area contributed by atoms with E-state index in [2.05, 4.69) is 38.1 Å². The van der Waals surface area contributed by atoms with Crippen LogP contribution in [0.15, 0.2) is 36.6 Å². The molecule has 1 aromatic rings. The highest BCUT2D eigenvalue weighted by molar-refractivity contribution is 5.30. The van der Waals surface area contributed by atoms with Crippen molar-refractivity contribution in [3.8, 4) is 5.75 Å². The topological polar surface area (TPSA) is 9.23 Å². The van der Waals surface area contributed by atoms with Crippen LogP contribution in [-0.4, -0.2) is 0 Å². The standard InChI is InChI=1S/C25H38O/c1-3-5-19-26-25-17-15-24(16-18-25)23-13-11-22(12-14-23)21-9-7-20(6-4-2)8-10-21/h5,15-23H,3-4,6-14H2,1-2H3/b19-5+/t20-,21-,22?,23?. The minimum Gasteiger partial charge on any atom is -0.465 e. The van der Waals surface area contributed by atoms with Crippen molar-refractivity contribution in [3.63, 3.8) is 0 Å². The maximum atomic E-state index is 5.63. The van der Waals surface area contributed by atoms with Gasteiger partial charge in [-0.2, -0.15) is 0 Å². The van der Waals surface area contributed by atoms with Gasteiger partial charge in [-0.05, 0) is 92.4 Å². The average molecular weight is 355 g/mol. The molecule has 2 aliphatic rings. The molecule has 0 spiro atoms. The van der Waals surface area contributed by atoms with Crippen LogP contribution < -0.4 is 4.74 Å². The molecular weight excluding hydrogens is 316 g/mol. The molecule has 0 heterocycles. The van der Waals surface area contributed by atoms with Crippen LogP contribution in [0.3, 0.4) is 0 Å². The van der Waals surface area contributed by atoms with Gasteiger partial charge in [-0.25, -0.2) is 0 Å². The highest BCUT2D eigenvalue weighted by Crippen LogP contribution is 2.44. The Morgan fingerprint density at radius 1 is 0.846 bits per heavy atom. The Morgan fingerprint density at radius 3 is 2.04 bits per heavy atom. The smallest absolute Gasteiger partial charge is 0.126 e. The van der Waals surface area contributed by atoms with Crippen LogP contribution in [0.1, 0.15) is 96.0 Å². The quantitative estimate of drug-likeness (QED) is 0.453. The molecule has 0 bridgehead atoms. The molecule has 1 aromatic carbocycles. The van der Waals surface area contributed by atoms with E-state index in [0.717, 1.165) is 35.8 Å². The molecule has 0 N–H and O–H groups in total. The van der Waals surface area contributed by atoms with Gasteiger partial charge in [0.25, 0.3) is 0 Å². The van der Waals surface area contributed by atoms with E-state index >= 15 is 0 Å². The Balaban J connectivity index is 1.44. The molecule has 1 heteroatoms. The summed E-state index contributed by atoms with van der Waals surface area (Å²) in [5.74, 6) is 4.81. The molecule has 2 fully saturated rings. The lowest BCUT2D eigenvalue weighted by atomic mass is 9.68. The zero-order valence-electron chi connectivity index (χ0n) is 17.0. The van der Waals surface area contributed by atoms with Gasteiger partial charge in [-0.3, -0.25) is 0 Å². The fourth-order valence-electron chi connectivity index (χ4n) is 5.32. The monoisotopic (exact) mass is 354 g/mol. The summed E-state index contributed by atoms with van der Waals surface area (Å²) in [4.78, 5) is 0. The predicted molar refractivity (Wildman–Crippen MR) is 112 cm³/mol. The van der Waals surface area contributed by atoms with Gasteiger partial charge in [0.2, 0.25) is 0 Å². The lowest BCUT2D eigenvalue weighted by molar-refractivity contribution is 0.156. The highest BCUT2D eigenvalue weighted by Gasteiger charge is 2.31. The number of rotatable bonds is 7. The Bertz CT molecular complexity index is 528. The van der Waals surface area contributed by atoms with E-state index in [-0.39, 0.29) is 0 Å². The molecule has 0 saturated heterocycles. The normalized spacial score (nSPS) is 29.8. The highest BCUT2D eigenvalue weighted by atomic mass is 16.5. The largest absolute Gasteiger partial charge is 0.465 e. The van der Waals surface area contributed by atoms with Crippen molar-refractivity contribution in [2.75, 3.05) is 0 Å². The Kier molecular flexibility index (Phi) is 7.65. The lowest BCUT2D eigenvalue weighted by Gasteiger charge is -2.38. The predicted octanol–water partition coefficient (Wildman–Crippen LogP) is 7.87. The van der Waals surface area contributed by atoms with Crippen LogP contribution in [0, 0.1) is 17.8 Å². The third kappa shape index (κ3) is 5.38. The van der Waals surface area contributed by atoms with Crippen LogP contribution in [0.2, 0.25) is 0 Å². The zero-order valence-corrected chi connectivity index (χ0v) is 17.0. The summed E-state index contributed by atoms with van der Waals surface area (Å²) < 4.78 is 5.63. The molecule has 2 saturated carbocycles. The Morgan fingerprint density at radius 2 is 1.46 bits per heavy atom. The van der Waals surface area contributed by atoms with Crippen molar-refractivity contribution < 1.29 is 4.74 Å². The van der Waals surface area contributed by atoms with Gasteiger partial charge in [0.1, 0.15) is 5.75 Å². The third-order valence-corrected chi connectivity index (χ3v) is 6.91. The van der Waals surface area contributed by atoms with Crippen molar-refractivity contribution >= 4 is 0 Å². The van der Waals surface area contributed by atoms with Crippen LogP contribution in [0.5, 0.6) is 5.75 Å². The summed E-state index contributed by atoms with van der Waals surface area (Å²) in [6.07, 6.45) is 19.4. The van der Waals surface area contributed by atoms with E-state index in [1.165, 1.54) is 69.8 Å². The Hall–Kier alpha value is -1.24. The second-order valence-corrected chi connectivity index (χ2v) is 8.65. The maximum absolute atomic E-state index is 5.63. The summed E-state index contributed by atoms with van der Waals surface area (Å²) in [6, 6.07) is 8.85.